The number of nitrogens with zero attached hydrogens (tertiary/aromatic N) is 3. The van der Waals surface area contributed by atoms with E-state index < -0.39 is 0 Å². The summed E-state index contributed by atoms with van der Waals surface area (Å²) in [5, 5.41) is 11.1. The van der Waals surface area contributed by atoms with E-state index in [4.69, 9.17) is 10.5 Å². The highest BCUT2D eigenvalue weighted by molar-refractivity contribution is 5.93. The number of aromatic nitrogens is 3. The third kappa shape index (κ3) is 4.79. The molecule has 3 N–H and O–H groups in total. The van der Waals surface area contributed by atoms with Gasteiger partial charge in [0.1, 0.15) is 5.75 Å². The van der Waals surface area contributed by atoms with Crippen molar-refractivity contribution in [2.75, 3.05) is 13.1 Å². The van der Waals surface area contributed by atoms with Crippen LogP contribution in [0.2, 0.25) is 0 Å². The maximum absolute atomic E-state index is 12.4. The quantitative estimate of drug-likeness (QED) is 0.762. The maximum atomic E-state index is 12.4. The van der Waals surface area contributed by atoms with E-state index in [1.807, 2.05) is 52.0 Å². The molecule has 0 aliphatic heterocycles. The second-order valence-corrected chi connectivity index (χ2v) is 6.36. The molecule has 0 fully saturated rings. The van der Waals surface area contributed by atoms with Gasteiger partial charge in [-0.05, 0) is 57.0 Å². The van der Waals surface area contributed by atoms with Gasteiger partial charge in [-0.15, -0.1) is 5.10 Å². The first kappa shape index (κ1) is 18.9. The average Bonchev–Trinajstić information content (AvgIpc) is 3.03. The molecular weight excluding hydrogens is 318 g/mol. The summed E-state index contributed by atoms with van der Waals surface area (Å²) in [5.41, 5.74) is 7.55. The van der Waals surface area contributed by atoms with Crippen molar-refractivity contribution < 1.29 is 9.53 Å². The molecule has 0 aliphatic rings. The van der Waals surface area contributed by atoms with Crippen LogP contribution in [-0.4, -0.2) is 40.1 Å². The predicted molar refractivity (Wildman–Crippen MR) is 97.1 cm³/mol. The molecule has 7 heteroatoms. The van der Waals surface area contributed by atoms with Gasteiger partial charge in [0.25, 0.3) is 5.91 Å². The maximum Gasteiger partial charge on any atom is 0.273 e. The molecule has 1 aromatic carbocycles. The predicted octanol–water partition coefficient (Wildman–Crippen LogP) is 1.94. The number of carbonyl (C=O) groups excluding carboxylic acids is 1. The zero-order valence-corrected chi connectivity index (χ0v) is 15.3. The summed E-state index contributed by atoms with van der Waals surface area (Å²) in [5.74, 6) is 0.798. The molecule has 2 rings (SSSR count). The first-order chi connectivity index (χ1) is 12.0. The number of ether oxygens (including phenoxy) is 1. The molecule has 2 aromatic rings. The van der Waals surface area contributed by atoms with Gasteiger partial charge in [-0.3, -0.25) is 4.79 Å². The highest BCUT2D eigenvalue weighted by Crippen LogP contribution is 2.19. The third-order valence-electron chi connectivity index (χ3n) is 3.78. The zero-order chi connectivity index (χ0) is 18.4. The number of amides is 1. The minimum absolute atomic E-state index is 0.120. The highest BCUT2D eigenvalue weighted by atomic mass is 16.5. The molecule has 0 spiro atoms. The van der Waals surface area contributed by atoms with Crippen molar-refractivity contribution in [3.8, 4) is 11.4 Å². The van der Waals surface area contributed by atoms with Crippen LogP contribution in [0.4, 0.5) is 0 Å². The molecule has 7 nitrogen and oxygen atoms in total. The standard InChI is InChI=1S/C18H27N5O2/c1-5-16-17(18(24)20-11-13(4)10-19)21-22-23(16)14-6-8-15(9-7-14)25-12(2)3/h6-9,12-13H,5,10-11,19H2,1-4H3,(H,20,24). The van der Waals surface area contributed by atoms with E-state index in [1.54, 1.807) is 4.68 Å². The van der Waals surface area contributed by atoms with Crippen molar-refractivity contribution in [3.05, 3.63) is 35.7 Å². The van der Waals surface area contributed by atoms with E-state index >= 15 is 0 Å². The van der Waals surface area contributed by atoms with E-state index in [0.29, 0.717) is 25.2 Å². The van der Waals surface area contributed by atoms with Crippen LogP contribution in [0.1, 0.15) is 43.9 Å². The van der Waals surface area contributed by atoms with Gasteiger partial charge in [-0.2, -0.15) is 0 Å². The van der Waals surface area contributed by atoms with E-state index in [1.165, 1.54) is 0 Å². The van der Waals surface area contributed by atoms with Crippen LogP contribution in [0.5, 0.6) is 5.75 Å². The first-order valence-electron chi connectivity index (χ1n) is 8.66. The Morgan fingerprint density at radius 3 is 2.52 bits per heavy atom. The molecule has 0 radical (unpaired) electrons. The molecule has 136 valence electrons. The lowest BCUT2D eigenvalue weighted by atomic mass is 10.2. The molecule has 1 atom stereocenters. The Morgan fingerprint density at radius 1 is 1.28 bits per heavy atom. The van der Waals surface area contributed by atoms with Crippen molar-refractivity contribution in [2.24, 2.45) is 11.7 Å². The van der Waals surface area contributed by atoms with E-state index in [-0.39, 0.29) is 17.9 Å². The lowest BCUT2D eigenvalue weighted by Gasteiger charge is -2.11. The third-order valence-corrected chi connectivity index (χ3v) is 3.78. The summed E-state index contributed by atoms with van der Waals surface area (Å²) in [6.45, 7) is 8.97. The highest BCUT2D eigenvalue weighted by Gasteiger charge is 2.19. The summed E-state index contributed by atoms with van der Waals surface area (Å²) in [6.07, 6.45) is 0.765. The SMILES string of the molecule is CCc1c(C(=O)NCC(C)CN)nnn1-c1ccc(OC(C)C)cc1. The lowest BCUT2D eigenvalue weighted by molar-refractivity contribution is 0.0942. The zero-order valence-electron chi connectivity index (χ0n) is 15.3. The molecular formula is C18H27N5O2. The molecule has 1 heterocycles. The molecule has 1 aromatic heterocycles. The molecule has 0 aliphatic carbocycles. The Labute approximate surface area is 148 Å². The van der Waals surface area contributed by atoms with Crippen LogP contribution in [0.3, 0.4) is 0 Å². The Morgan fingerprint density at radius 2 is 1.96 bits per heavy atom. The monoisotopic (exact) mass is 345 g/mol. The van der Waals surface area contributed by atoms with E-state index in [9.17, 15) is 4.79 Å². The molecule has 0 bridgehead atoms. The minimum Gasteiger partial charge on any atom is -0.491 e. The number of carbonyl (C=O) groups is 1. The Kier molecular flexibility index (Phi) is 6.52. The van der Waals surface area contributed by atoms with Gasteiger partial charge < -0.3 is 15.8 Å². The van der Waals surface area contributed by atoms with Gasteiger partial charge in [0.2, 0.25) is 0 Å². The fourth-order valence-corrected chi connectivity index (χ4v) is 2.37. The van der Waals surface area contributed by atoms with Gasteiger partial charge >= 0.3 is 0 Å². The normalized spacial score (nSPS) is 12.2. The van der Waals surface area contributed by atoms with E-state index in [0.717, 1.165) is 17.1 Å². The van der Waals surface area contributed by atoms with Crippen LogP contribution >= 0.6 is 0 Å². The molecule has 1 unspecified atom stereocenters. The summed E-state index contributed by atoms with van der Waals surface area (Å²) in [7, 11) is 0. The number of hydrogen-bond donors (Lipinski definition) is 2. The van der Waals surface area contributed by atoms with Gasteiger partial charge in [-0.1, -0.05) is 19.1 Å². The summed E-state index contributed by atoms with van der Waals surface area (Å²) in [4.78, 5) is 12.4. The van der Waals surface area contributed by atoms with Crippen LogP contribution in [-0.2, 0) is 6.42 Å². The van der Waals surface area contributed by atoms with Crippen molar-refractivity contribution in [3.63, 3.8) is 0 Å². The van der Waals surface area contributed by atoms with Gasteiger partial charge in [0.05, 0.1) is 17.5 Å². The van der Waals surface area contributed by atoms with Gasteiger partial charge in [0, 0.05) is 6.54 Å². The fourth-order valence-electron chi connectivity index (χ4n) is 2.37. The average molecular weight is 345 g/mol. The largest absolute Gasteiger partial charge is 0.491 e. The Hall–Kier alpha value is -2.41. The Balaban J connectivity index is 2.20. The van der Waals surface area contributed by atoms with Crippen LogP contribution < -0.4 is 15.8 Å². The lowest BCUT2D eigenvalue weighted by Crippen LogP contribution is -2.32. The number of benzene rings is 1. The number of nitrogens with one attached hydrogen (secondary N) is 1. The summed E-state index contributed by atoms with van der Waals surface area (Å²) in [6, 6.07) is 7.59. The van der Waals surface area contributed by atoms with Crippen molar-refractivity contribution >= 4 is 5.91 Å². The van der Waals surface area contributed by atoms with Gasteiger partial charge in [-0.25, -0.2) is 4.68 Å². The number of hydrogen-bond acceptors (Lipinski definition) is 5. The smallest absolute Gasteiger partial charge is 0.273 e. The Bertz CT molecular complexity index is 694. The van der Waals surface area contributed by atoms with Crippen LogP contribution in [0.25, 0.3) is 5.69 Å². The second-order valence-electron chi connectivity index (χ2n) is 6.36. The second kappa shape index (κ2) is 8.62. The molecule has 0 saturated heterocycles. The minimum atomic E-state index is -0.219. The van der Waals surface area contributed by atoms with Crippen molar-refractivity contribution in [1.29, 1.82) is 0 Å². The first-order valence-corrected chi connectivity index (χ1v) is 8.66. The number of nitrogens with two attached hydrogens (primary N) is 1. The molecule has 25 heavy (non-hydrogen) atoms. The topological polar surface area (TPSA) is 95.1 Å². The van der Waals surface area contributed by atoms with Crippen molar-refractivity contribution in [1.82, 2.24) is 20.3 Å². The summed E-state index contributed by atoms with van der Waals surface area (Å²) < 4.78 is 7.35. The molecule has 0 saturated carbocycles. The fraction of sp³-hybridized carbons (Fsp3) is 0.500. The van der Waals surface area contributed by atoms with E-state index in [2.05, 4.69) is 15.6 Å². The van der Waals surface area contributed by atoms with Crippen LogP contribution in [0.15, 0.2) is 24.3 Å². The van der Waals surface area contributed by atoms with Crippen molar-refractivity contribution in [2.45, 2.75) is 40.2 Å². The molecule has 1 amide bonds. The number of rotatable bonds is 8. The summed E-state index contributed by atoms with van der Waals surface area (Å²) >= 11 is 0. The van der Waals surface area contributed by atoms with Gasteiger partial charge in [0.15, 0.2) is 5.69 Å². The van der Waals surface area contributed by atoms with Crippen LogP contribution in [0, 0.1) is 5.92 Å².